The first-order chi connectivity index (χ1) is 11.1. The van der Waals surface area contributed by atoms with Crippen molar-refractivity contribution in [1.82, 2.24) is 20.4 Å². The third-order valence-corrected chi connectivity index (χ3v) is 3.34. The van der Waals surface area contributed by atoms with Gasteiger partial charge in [-0.3, -0.25) is 4.79 Å². The SMILES string of the molecule is CC(NC(=O)NCCCC(=O)O)c1cccc(-n2cccn2)c1. The van der Waals surface area contributed by atoms with E-state index in [0.29, 0.717) is 13.0 Å². The average molecular weight is 316 g/mol. The monoisotopic (exact) mass is 316 g/mol. The van der Waals surface area contributed by atoms with Crippen LogP contribution in [0.3, 0.4) is 0 Å². The Bertz CT molecular complexity index is 655. The van der Waals surface area contributed by atoms with E-state index in [-0.39, 0.29) is 18.5 Å². The first-order valence-corrected chi connectivity index (χ1v) is 7.42. The van der Waals surface area contributed by atoms with Crippen molar-refractivity contribution in [2.75, 3.05) is 6.54 Å². The van der Waals surface area contributed by atoms with Crippen molar-refractivity contribution in [3.8, 4) is 5.69 Å². The lowest BCUT2D eigenvalue weighted by Crippen LogP contribution is -2.37. The number of hydrogen-bond acceptors (Lipinski definition) is 3. The highest BCUT2D eigenvalue weighted by atomic mass is 16.4. The van der Waals surface area contributed by atoms with E-state index >= 15 is 0 Å². The third kappa shape index (κ3) is 5.14. The maximum atomic E-state index is 11.8. The number of nitrogens with one attached hydrogen (secondary N) is 2. The van der Waals surface area contributed by atoms with Crippen LogP contribution in [0.1, 0.15) is 31.4 Å². The van der Waals surface area contributed by atoms with Gasteiger partial charge in [0.2, 0.25) is 0 Å². The van der Waals surface area contributed by atoms with E-state index < -0.39 is 5.97 Å². The second-order valence-corrected chi connectivity index (χ2v) is 5.16. The highest BCUT2D eigenvalue weighted by Crippen LogP contribution is 2.16. The van der Waals surface area contributed by atoms with E-state index in [1.165, 1.54) is 0 Å². The summed E-state index contributed by atoms with van der Waals surface area (Å²) in [6.45, 7) is 2.22. The molecule has 2 amide bonds. The number of nitrogens with zero attached hydrogens (tertiary/aromatic N) is 2. The highest BCUT2D eigenvalue weighted by Gasteiger charge is 2.10. The van der Waals surface area contributed by atoms with E-state index in [1.807, 2.05) is 43.5 Å². The van der Waals surface area contributed by atoms with E-state index in [0.717, 1.165) is 11.3 Å². The Morgan fingerprint density at radius 2 is 2.17 bits per heavy atom. The normalized spacial score (nSPS) is 11.7. The number of carboxylic acids is 1. The summed E-state index contributed by atoms with van der Waals surface area (Å²) in [4.78, 5) is 22.2. The van der Waals surface area contributed by atoms with Crippen molar-refractivity contribution in [3.63, 3.8) is 0 Å². The number of amides is 2. The molecule has 122 valence electrons. The van der Waals surface area contributed by atoms with Crippen molar-refractivity contribution < 1.29 is 14.7 Å². The van der Waals surface area contributed by atoms with E-state index in [2.05, 4.69) is 15.7 Å². The molecule has 0 bridgehead atoms. The summed E-state index contributed by atoms with van der Waals surface area (Å²) in [6, 6.07) is 9.10. The van der Waals surface area contributed by atoms with E-state index in [4.69, 9.17) is 5.11 Å². The van der Waals surface area contributed by atoms with Gasteiger partial charge in [0.05, 0.1) is 11.7 Å². The Hall–Kier alpha value is -2.83. The molecule has 0 aliphatic carbocycles. The van der Waals surface area contributed by atoms with Crippen LogP contribution in [0.25, 0.3) is 5.69 Å². The standard InChI is InChI=1S/C16H20N4O3/c1-12(19-16(23)17-8-3-7-15(21)22)13-5-2-6-14(11-13)20-10-4-9-18-20/h2,4-6,9-12H,3,7-8H2,1H3,(H,21,22)(H2,17,19,23). The number of aliphatic carboxylic acids is 1. The van der Waals surface area contributed by atoms with Gasteiger partial charge in [-0.25, -0.2) is 9.48 Å². The molecule has 0 radical (unpaired) electrons. The van der Waals surface area contributed by atoms with Crippen LogP contribution >= 0.6 is 0 Å². The molecule has 2 rings (SSSR count). The second kappa shape index (κ2) is 7.98. The molecule has 1 atom stereocenters. The largest absolute Gasteiger partial charge is 0.481 e. The number of carbonyl (C=O) groups is 2. The van der Waals surface area contributed by atoms with Crippen LogP contribution in [0.2, 0.25) is 0 Å². The Balaban J connectivity index is 1.88. The topological polar surface area (TPSA) is 96.3 Å². The summed E-state index contributed by atoms with van der Waals surface area (Å²) < 4.78 is 1.75. The highest BCUT2D eigenvalue weighted by molar-refractivity contribution is 5.74. The number of carboxylic acid groups (broad SMARTS) is 1. The molecule has 2 aromatic rings. The summed E-state index contributed by atoms with van der Waals surface area (Å²) in [6.07, 6.45) is 4.01. The first-order valence-electron chi connectivity index (χ1n) is 7.42. The van der Waals surface area contributed by atoms with Crippen molar-refractivity contribution in [3.05, 3.63) is 48.3 Å². The summed E-state index contributed by atoms with van der Waals surface area (Å²) in [5.74, 6) is -0.865. The van der Waals surface area contributed by atoms with Gasteiger partial charge in [-0.05, 0) is 37.1 Å². The molecule has 1 heterocycles. The number of hydrogen-bond donors (Lipinski definition) is 3. The van der Waals surface area contributed by atoms with Gasteiger partial charge < -0.3 is 15.7 Å². The molecule has 1 aromatic carbocycles. The van der Waals surface area contributed by atoms with Crippen LogP contribution in [-0.2, 0) is 4.79 Å². The van der Waals surface area contributed by atoms with Crippen LogP contribution in [0.15, 0.2) is 42.7 Å². The van der Waals surface area contributed by atoms with Crippen molar-refractivity contribution in [2.45, 2.75) is 25.8 Å². The predicted octanol–water partition coefficient (Wildman–Crippen LogP) is 2.10. The molecule has 1 aromatic heterocycles. The lowest BCUT2D eigenvalue weighted by molar-refractivity contribution is -0.137. The zero-order chi connectivity index (χ0) is 16.7. The molecular weight excluding hydrogens is 296 g/mol. The Labute approximate surface area is 134 Å². The minimum absolute atomic E-state index is 0.0434. The number of rotatable bonds is 7. The van der Waals surface area contributed by atoms with Crippen LogP contribution in [-0.4, -0.2) is 33.4 Å². The molecule has 7 heteroatoms. The van der Waals surface area contributed by atoms with Crippen LogP contribution < -0.4 is 10.6 Å². The molecule has 0 saturated carbocycles. The van der Waals surface area contributed by atoms with Gasteiger partial charge in [-0.1, -0.05) is 12.1 Å². The molecule has 1 unspecified atom stereocenters. The van der Waals surface area contributed by atoms with Crippen molar-refractivity contribution in [1.29, 1.82) is 0 Å². The van der Waals surface area contributed by atoms with Gasteiger partial charge in [-0.15, -0.1) is 0 Å². The zero-order valence-corrected chi connectivity index (χ0v) is 12.9. The zero-order valence-electron chi connectivity index (χ0n) is 12.9. The first kappa shape index (κ1) is 16.5. The fraction of sp³-hybridized carbons (Fsp3) is 0.312. The summed E-state index contributed by atoms with van der Waals surface area (Å²) in [7, 11) is 0. The van der Waals surface area contributed by atoms with Gasteiger partial charge in [0.25, 0.3) is 0 Å². The predicted molar refractivity (Wildman–Crippen MR) is 85.4 cm³/mol. The lowest BCUT2D eigenvalue weighted by Gasteiger charge is -2.16. The van der Waals surface area contributed by atoms with Crippen molar-refractivity contribution in [2.24, 2.45) is 0 Å². The van der Waals surface area contributed by atoms with E-state index in [9.17, 15) is 9.59 Å². The molecule has 0 fully saturated rings. The third-order valence-electron chi connectivity index (χ3n) is 3.34. The van der Waals surface area contributed by atoms with Gasteiger partial charge in [0.15, 0.2) is 0 Å². The maximum absolute atomic E-state index is 11.8. The van der Waals surface area contributed by atoms with Crippen LogP contribution in [0.4, 0.5) is 4.79 Å². The second-order valence-electron chi connectivity index (χ2n) is 5.16. The van der Waals surface area contributed by atoms with Gasteiger partial charge in [-0.2, -0.15) is 5.10 Å². The molecule has 3 N–H and O–H groups in total. The molecule has 0 aliphatic rings. The van der Waals surface area contributed by atoms with E-state index in [1.54, 1.807) is 10.9 Å². The fourth-order valence-electron chi connectivity index (χ4n) is 2.13. The Morgan fingerprint density at radius 1 is 1.35 bits per heavy atom. The Morgan fingerprint density at radius 3 is 2.87 bits per heavy atom. The summed E-state index contributed by atoms with van der Waals surface area (Å²) in [5.41, 5.74) is 1.88. The fourth-order valence-corrected chi connectivity index (χ4v) is 2.13. The molecule has 0 spiro atoms. The Kier molecular flexibility index (Phi) is 5.74. The number of carbonyl (C=O) groups excluding carboxylic acids is 1. The lowest BCUT2D eigenvalue weighted by atomic mass is 10.1. The smallest absolute Gasteiger partial charge is 0.315 e. The summed E-state index contributed by atoms with van der Waals surface area (Å²) in [5, 5.41) is 18.2. The van der Waals surface area contributed by atoms with Gasteiger partial charge in [0.1, 0.15) is 0 Å². The maximum Gasteiger partial charge on any atom is 0.315 e. The summed E-state index contributed by atoms with van der Waals surface area (Å²) >= 11 is 0. The van der Waals surface area contributed by atoms with Crippen LogP contribution in [0, 0.1) is 0 Å². The number of aromatic nitrogens is 2. The molecule has 7 nitrogen and oxygen atoms in total. The molecule has 0 aliphatic heterocycles. The molecular formula is C16H20N4O3. The average Bonchev–Trinajstić information content (AvgIpc) is 3.06. The van der Waals surface area contributed by atoms with Gasteiger partial charge in [0, 0.05) is 25.4 Å². The molecule has 23 heavy (non-hydrogen) atoms. The molecule has 0 saturated heterocycles. The number of benzene rings is 1. The van der Waals surface area contributed by atoms with Crippen LogP contribution in [0.5, 0.6) is 0 Å². The minimum Gasteiger partial charge on any atom is -0.481 e. The van der Waals surface area contributed by atoms with Gasteiger partial charge >= 0.3 is 12.0 Å². The minimum atomic E-state index is -0.865. The van der Waals surface area contributed by atoms with Crippen molar-refractivity contribution >= 4 is 12.0 Å². The number of urea groups is 1. The quantitative estimate of drug-likeness (QED) is 0.682.